The number of hydrazone groups is 2. The molecule has 1 N–H and O–H groups in total. The van der Waals surface area contributed by atoms with Gasteiger partial charge in [-0.25, -0.2) is 5.43 Å². The van der Waals surface area contributed by atoms with Gasteiger partial charge in [-0.05, 0) is 60.1 Å². The number of nitrogens with one attached hydrogen (secondary N) is 1. The molecule has 1 amide bonds. The fourth-order valence-electron chi connectivity index (χ4n) is 4.49. The number of benzene rings is 2. The van der Waals surface area contributed by atoms with Gasteiger partial charge in [0, 0.05) is 17.8 Å². The van der Waals surface area contributed by atoms with Crippen molar-refractivity contribution in [2.75, 3.05) is 11.6 Å². The second-order valence-corrected chi connectivity index (χ2v) is 9.79. The summed E-state index contributed by atoms with van der Waals surface area (Å²) in [4.78, 5) is 14.7. The Kier molecular flexibility index (Phi) is 6.35. The maximum Gasteiger partial charge on any atom is 0.281 e. The quantitative estimate of drug-likeness (QED) is 0.385. The van der Waals surface area contributed by atoms with Gasteiger partial charge in [0.2, 0.25) is 0 Å². The molecule has 2 heterocycles. The summed E-state index contributed by atoms with van der Waals surface area (Å²) in [5.41, 5.74) is 8.31. The minimum atomic E-state index is -0.129. The molecule has 0 saturated carbocycles. The molecule has 5 rings (SSSR count). The van der Waals surface area contributed by atoms with Gasteiger partial charge in [-0.2, -0.15) is 10.2 Å². The molecule has 1 aliphatic carbocycles. The van der Waals surface area contributed by atoms with Crippen LogP contribution in [0.4, 0.5) is 5.69 Å². The lowest BCUT2D eigenvalue weighted by atomic mass is 9.87. The van der Waals surface area contributed by atoms with Crippen LogP contribution in [0.5, 0.6) is 0 Å². The summed E-state index contributed by atoms with van der Waals surface area (Å²) in [6.07, 6.45) is 7.25. The topological polar surface area (TPSA) is 57.1 Å². The van der Waals surface area contributed by atoms with Crippen LogP contribution in [-0.2, 0) is 12.8 Å². The number of hydrogen-bond donors (Lipinski definition) is 1. The SMILES string of the molecule is CCC1CCc2sc(C(=O)N/N=C/c3ccc(N4CCC(c5ccccc5)=N4)cc3)cc2C1. The van der Waals surface area contributed by atoms with Crippen molar-refractivity contribution in [2.45, 2.75) is 39.0 Å². The molecule has 6 heteroatoms. The predicted molar refractivity (Wildman–Crippen MR) is 137 cm³/mol. The van der Waals surface area contributed by atoms with E-state index in [9.17, 15) is 4.79 Å². The number of carbonyl (C=O) groups excluding carboxylic acids is 1. The zero-order valence-electron chi connectivity index (χ0n) is 18.8. The lowest BCUT2D eigenvalue weighted by molar-refractivity contribution is 0.0959. The third kappa shape index (κ3) is 4.91. The standard InChI is InChI=1S/C27H28N4OS/c1-2-19-10-13-25-22(16-19)17-26(33-25)27(32)29-28-18-20-8-11-23(12-9-20)31-15-14-24(30-31)21-6-4-3-5-7-21/h3-9,11-12,17-19H,2,10,13-16H2,1H3,(H,29,32)/b28-18+. The van der Waals surface area contributed by atoms with Crippen LogP contribution in [0.1, 0.15) is 57.4 Å². The highest BCUT2D eigenvalue weighted by Gasteiger charge is 2.22. The normalized spacial score (nSPS) is 17.8. The Balaban J connectivity index is 1.18. The van der Waals surface area contributed by atoms with Gasteiger partial charge >= 0.3 is 0 Å². The van der Waals surface area contributed by atoms with E-state index < -0.39 is 0 Å². The first-order chi connectivity index (χ1) is 16.2. The van der Waals surface area contributed by atoms with Gasteiger partial charge in [-0.3, -0.25) is 9.80 Å². The fraction of sp³-hybridized carbons (Fsp3) is 0.296. The molecular formula is C27H28N4OS. The van der Waals surface area contributed by atoms with Crippen LogP contribution in [0.25, 0.3) is 0 Å². The van der Waals surface area contributed by atoms with E-state index in [2.05, 4.69) is 35.7 Å². The fourth-order valence-corrected chi connectivity index (χ4v) is 5.59. The van der Waals surface area contributed by atoms with E-state index in [1.54, 1.807) is 17.6 Å². The van der Waals surface area contributed by atoms with E-state index in [1.165, 1.54) is 28.8 Å². The average molecular weight is 457 g/mol. The van der Waals surface area contributed by atoms with E-state index in [-0.39, 0.29) is 5.91 Å². The molecule has 5 nitrogen and oxygen atoms in total. The zero-order chi connectivity index (χ0) is 22.6. The number of amides is 1. The van der Waals surface area contributed by atoms with Gasteiger partial charge in [-0.15, -0.1) is 11.3 Å². The number of carbonyl (C=O) groups is 1. The number of fused-ring (bicyclic) bond motifs is 1. The molecule has 1 aliphatic heterocycles. The van der Waals surface area contributed by atoms with Crippen LogP contribution >= 0.6 is 11.3 Å². The minimum absolute atomic E-state index is 0.129. The molecule has 3 aromatic rings. The van der Waals surface area contributed by atoms with Gasteiger partial charge in [0.25, 0.3) is 5.91 Å². The third-order valence-corrected chi connectivity index (χ3v) is 7.70. The highest BCUT2D eigenvalue weighted by Crippen LogP contribution is 2.33. The van der Waals surface area contributed by atoms with Crippen molar-refractivity contribution in [1.82, 2.24) is 5.43 Å². The number of nitrogens with zero attached hydrogens (tertiary/aromatic N) is 3. The molecule has 1 aromatic heterocycles. The summed E-state index contributed by atoms with van der Waals surface area (Å²) in [5, 5.41) is 11.0. The highest BCUT2D eigenvalue weighted by atomic mass is 32.1. The lowest BCUT2D eigenvalue weighted by Gasteiger charge is -2.19. The molecule has 2 aliphatic rings. The highest BCUT2D eigenvalue weighted by molar-refractivity contribution is 7.14. The van der Waals surface area contributed by atoms with Gasteiger partial charge < -0.3 is 0 Å². The van der Waals surface area contributed by atoms with E-state index in [0.717, 1.165) is 53.6 Å². The van der Waals surface area contributed by atoms with Gasteiger partial charge in [-0.1, -0.05) is 55.8 Å². The number of thiophene rings is 1. The lowest BCUT2D eigenvalue weighted by Crippen LogP contribution is -2.16. The number of anilines is 1. The Hall–Kier alpha value is -3.25. The summed E-state index contributed by atoms with van der Waals surface area (Å²) in [7, 11) is 0. The Labute approximate surface area is 198 Å². The van der Waals surface area contributed by atoms with Crippen LogP contribution in [0.15, 0.2) is 70.9 Å². The molecule has 168 valence electrons. The molecule has 2 aromatic carbocycles. The van der Waals surface area contributed by atoms with Crippen LogP contribution in [0.2, 0.25) is 0 Å². The number of hydrogen-bond acceptors (Lipinski definition) is 5. The van der Waals surface area contributed by atoms with Crippen molar-refractivity contribution < 1.29 is 4.79 Å². The molecule has 1 atom stereocenters. The minimum Gasteiger partial charge on any atom is -0.266 e. The van der Waals surface area contributed by atoms with Gasteiger partial charge in [0.15, 0.2) is 0 Å². The molecule has 33 heavy (non-hydrogen) atoms. The summed E-state index contributed by atoms with van der Waals surface area (Å²) in [5.74, 6) is 0.621. The Morgan fingerprint density at radius 2 is 2.00 bits per heavy atom. The predicted octanol–water partition coefficient (Wildman–Crippen LogP) is 5.64. The molecule has 0 saturated heterocycles. The van der Waals surface area contributed by atoms with Crippen molar-refractivity contribution in [3.63, 3.8) is 0 Å². The molecule has 0 bridgehead atoms. The van der Waals surface area contributed by atoms with E-state index in [4.69, 9.17) is 5.10 Å². The molecule has 0 fully saturated rings. The van der Waals surface area contributed by atoms with Crippen LogP contribution in [0, 0.1) is 5.92 Å². The summed E-state index contributed by atoms with van der Waals surface area (Å²) in [6.45, 7) is 3.12. The molecular weight excluding hydrogens is 428 g/mol. The third-order valence-electron chi connectivity index (χ3n) is 6.47. The van der Waals surface area contributed by atoms with E-state index >= 15 is 0 Å². The Morgan fingerprint density at radius 3 is 2.79 bits per heavy atom. The number of rotatable bonds is 6. The number of aryl methyl sites for hydroxylation is 1. The summed E-state index contributed by atoms with van der Waals surface area (Å²) in [6, 6.07) is 20.4. The van der Waals surface area contributed by atoms with Crippen molar-refractivity contribution in [2.24, 2.45) is 16.1 Å². The van der Waals surface area contributed by atoms with E-state index in [1.807, 2.05) is 47.5 Å². The second-order valence-electron chi connectivity index (χ2n) is 8.65. The first kappa shape index (κ1) is 21.6. The summed E-state index contributed by atoms with van der Waals surface area (Å²) < 4.78 is 0. The maximum atomic E-state index is 12.5. The van der Waals surface area contributed by atoms with Crippen LogP contribution in [-0.4, -0.2) is 24.4 Å². The van der Waals surface area contributed by atoms with Crippen molar-refractivity contribution in [3.8, 4) is 0 Å². The van der Waals surface area contributed by atoms with Gasteiger partial charge in [0.05, 0.1) is 22.5 Å². The van der Waals surface area contributed by atoms with Crippen molar-refractivity contribution >= 4 is 34.9 Å². The van der Waals surface area contributed by atoms with Crippen LogP contribution in [0.3, 0.4) is 0 Å². The zero-order valence-corrected chi connectivity index (χ0v) is 19.6. The second kappa shape index (κ2) is 9.71. The maximum absolute atomic E-state index is 12.5. The average Bonchev–Trinajstić information content (AvgIpc) is 3.52. The van der Waals surface area contributed by atoms with Gasteiger partial charge in [0.1, 0.15) is 0 Å². The first-order valence-electron chi connectivity index (χ1n) is 11.6. The van der Waals surface area contributed by atoms with Crippen molar-refractivity contribution in [1.29, 1.82) is 0 Å². The first-order valence-corrected chi connectivity index (χ1v) is 12.5. The molecule has 0 radical (unpaired) electrons. The summed E-state index contributed by atoms with van der Waals surface area (Å²) >= 11 is 1.61. The smallest absolute Gasteiger partial charge is 0.266 e. The molecule has 0 spiro atoms. The van der Waals surface area contributed by atoms with Crippen LogP contribution < -0.4 is 10.4 Å². The van der Waals surface area contributed by atoms with E-state index in [0.29, 0.717) is 0 Å². The van der Waals surface area contributed by atoms with Crippen molar-refractivity contribution in [3.05, 3.63) is 87.1 Å². The molecule has 1 unspecified atom stereocenters. The monoisotopic (exact) mass is 456 g/mol. The Morgan fingerprint density at radius 1 is 1.18 bits per heavy atom. The Bertz CT molecular complexity index is 1180. The largest absolute Gasteiger partial charge is 0.281 e.